The van der Waals surface area contributed by atoms with Gasteiger partial charge in [0.1, 0.15) is 0 Å². The molecule has 0 aromatic rings. The number of hydrogen-bond acceptors (Lipinski definition) is 3. The van der Waals surface area contributed by atoms with Crippen LogP contribution in [-0.4, -0.2) is 34.1 Å². The lowest BCUT2D eigenvalue weighted by atomic mass is 10.0. The number of fused-ring (bicyclic) bond motifs is 1. The Balaban J connectivity index is 2.02. The van der Waals surface area contributed by atoms with Gasteiger partial charge < -0.3 is 15.3 Å². The quantitative estimate of drug-likeness (QED) is 0.499. The lowest BCUT2D eigenvalue weighted by Gasteiger charge is -2.11. The zero-order chi connectivity index (χ0) is 9.42. The minimum Gasteiger partial charge on any atom is -0.396 e. The van der Waals surface area contributed by atoms with E-state index in [0.29, 0.717) is 17.8 Å². The Labute approximate surface area is 77.7 Å². The average Bonchev–Trinajstić information content (AvgIpc) is 2.71. The van der Waals surface area contributed by atoms with E-state index in [9.17, 15) is 10.2 Å². The molecule has 0 radical (unpaired) electrons. The predicted molar refractivity (Wildman–Crippen MR) is 47.9 cm³/mol. The Morgan fingerprint density at radius 2 is 1.46 bits per heavy atom. The van der Waals surface area contributed by atoms with E-state index in [4.69, 9.17) is 5.11 Å². The molecule has 2 unspecified atom stereocenters. The fraction of sp³-hybridized carbons (Fsp3) is 0.800. The summed E-state index contributed by atoms with van der Waals surface area (Å²) in [5, 5.41) is 27.9. The number of aliphatic hydroxyl groups excluding tert-OH is 3. The normalized spacial score (nSPS) is 51.8. The van der Waals surface area contributed by atoms with Gasteiger partial charge in [-0.25, -0.2) is 0 Å². The molecule has 0 saturated heterocycles. The monoisotopic (exact) mass is 184 g/mol. The van der Waals surface area contributed by atoms with Gasteiger partial charge in [0.25, 0.3) is 0 Å². The molecule has 3 heteroatoms. The summed E-state index contributed by atoms with van der Waals surface area (Å²) in [4.78, 5) is 0. The van der Waals surface area contributed by atoms with Crippen LogP contribution in [0.3, 0.4) is 0 Å². The minimum atomic E-state index is -0.445. The Kier molecular flexibility index (Phi) is 2.41. The van der Waals surface area contributed by atoms with Crippen molar-refractivity contribution < 1.29 is 15.3 Å². The largest absolute Gasteiger partial charge is 0.396 e. The molecule has 4 atom stereocenters. The third-order valence-corrected chi connectivity index (χ3v) is 3.30. The maximum absolute atomic E-state index is 9.46. The summed E-state index contributed by atoms with van der Waals surface area (Å²) in [5.74, 6) is 1.14. The molecule has 0 aromatic carbocycles. The van der Waals surface area contributed by atoms with E-state index in [1.165, 1.54) is 0 Å². The highest BCUT2D eigenvalue weighted by molar-refractivity contribution is 5.07. The predicted octanol–water partition coefficient (Wildman–Crippen LogP) is -0.0873. The zero-order valence-corrected chi connectivity index (χ0v) is 7.50. The van der Waals surface area contributed by atoms with Gasteiger partial charge in [-0.2, -0.15) is 0 Å². The molecule has 0 heterocycles. The third-order valence-electron chi connectivity index (χ3n) is 3.30. The van der Waals surface area contributed by atoms with E-state index in [2.05, 4.69) is 0 Å². The van der Waals surface area contributed by atoms with E-state index < -0.39 is 12.2 Å². The molecule has 3 N–H and O–H groups in total. The highest BCUT2D eigenvalue weighted by Gasteiger charge is 2.50. The summed E-state index contributed by atoms with van der Waals surface area (Å²) < 4.78 is 0. The summed E-state index contributed by atoms with van der Waals surface area (Å²) in [5.41, 5.74) is 0. The van der Waals surface area contributed by atoms with Crippen LogP contribution < -0.4 is 0 Å². The van der Waals surface area contributed by atoms with Crippen LogP contribution in [0.25, 0.3) is 0 Å². The Morgan fingerprint density at radius 3 is 1.85 bits per heavy atom. The summed E-state index contributed by atoms with van der Waals surface area (Å²) in [6.45, 7) is 0.189. The summed E-state index contributed by atoms with van der Waals surface area (Å²) in [6, 6.07) is 0. The van der Waals surface area contributed by atoms with Gasteiger partial charge in [0.2, 0.25) is 0 Å². The standard InChI is InChI=1S/C10H16O3/c11-5-10-8-3-6(12)1-2-7(13)4-9(8)10/h1-2,6-13H,3-5H2/b2-1+/t6-,7-,8?,9?,10?/m0/s1. The molecule has 0 amide bonds. The second-order valence-electron chi connectivity index (χ2n) is 4.17. The molecule has 2 aliphatic carbocycles. The van der Waals surface area contributed by atoms with Crippen LogP contribution in [0.4, 0.5) is 0 Å². The molecule has 1 saturated carbocycles. The molecule has 3 nitrogen and oxygen atoms in total. The van der Waals surface area contributed by atoms with Crippen molar-refractivity contribution in [1.82, 2.24) is 0 Å². The van der Waals surface area contributed by atoms with Crippen LogP contribution in [0.2, 0.25) is 0 Å². The second-order valence-corrected chi connectivity index (χ2v) is 4.17. The van der Waals surface area contributed by atoms with Crippen molar-refractivity contribution in [3.63, 3.8) is 0 Å². The molecule has 1 fully saturated rings. The molecule has 0 aromatic heterocycles. The SMILES string of the molecule is OCC1C2C[C@@H](O)/C=C/[C@H](O)CC12. The first-order valence-electron chi connectivity index (χ1n) is 4.87. The van der Waals surface area contributed by atoms with Crippen molar-refractivity contribution >= 4 is 0 Å². The summed E-state index contributed by atoms with van der Waals surface area (Å²) in [6.07, 6.45) is 3.90. The Bertz CT molecular complexity index is 194. The van der Waals surface area contributed by atoms with Crippen LogP contribution in [0.1, 0.15) is 12.8 Å². The molecule has 74 valence electrons. The zero-order valence-electron chi connectivity index (χ0n) is 7.50. The second kappa shape index (κ2) is 3.40. The van der Waals surface area contributed by atoms with Crippen molar-refractivity contribution in [2.45, 2.75) is 25.0 Å². The smallest absolute Gasteiger partial charge is 0.0724 e. The topological polar surface area (TPSA) is 60.7 Å². The van der Waals surface area contributed by atoms with E-state index >= 15 is 0 Å². The van der Waals surface area contributed by atoms with Crippen LogP contribution in [-0.2, 0) is 0 Å². The summed E-state index contributed by atoms with van der Waals surface area (Å²) in [7, 11) is 0. The average molecular weight is 184 g/mol. The van der Waals surface area contributed by atoms with Gasteiger partial charge in [-0.1, -0.05) is 12.2 Å². The molecule has 0 bridgehead atoms. The number of hydrogen-bond donors (Lipinski definition) is 3. The van der Waals surface area contributed by atoms with Gasteiger partial charge >= 0.3 is 0 Å². The summed E-state index contributed by atoms with van der Waals surface area (Å²) >= 11 is 0. The Hall–Kier alpha value is -0.380. The van der Waals surface area contributed by atoms with E-state index in [-0.39, 0.29) is 6.61 Å². The van der Waals surface area contributed by atoms with Crippen molar-refractivity contribution in [2.24, 2.45) is 17.8 Å². The van der Waals surface area contributed by atoms with Gasteiger partial charge in [-0.05, 0) is 30.6 Å². The van der Waals surface area contributed by atoms with E-state index in [0.717, 1.165) is 12.8 Å². The molecule has 13 heavy (non-hydrogen) atoms. The van der Waals surface area contributed by atoms with Gasteiger partial charge in [0.05, 0.1) is 12.2 Å². The third kappa shape index (κ3) is 1.77. The first kappa shape index (κ1) is 9.19. The highest BCUT2D eigenvalue weighted by atomic mass is 16.3. The number of aliphatic hydroxyl groups is 3. The molecule has 0 spiro atoms. The molecule has 0 aliphatic heterocycles. The van der Waals surface area contributed by atoms with Crippen LogP contribution in [0, 0.1) is 17.8 Å². The fourth-order valence-corrected chi connectivity index (χ4v) is 2.47. The van der Waals surface area contributed by atoms with Crippen molar-refractivity contribution in [2.75, 3.05) is 6.61 Å². The van der Waals surface area contributed by atoms with Crippen LogP contribution >= 0.6 is 0 Å². The molecule has 2 rings (SSSR count). The first-order chi connectivity index (χ1) is 6.22. The lowest BCUT2D eigenvalue weighted by molar-refractivity contribution is 0.171. The first-order valence-corrected chi connectivity index (χ1v) is 4.87. The molecule has 2 aliphatic rings. The van der Waals surface area contributed by atoms with Crippen LogP contribution in [0.15, 0.2) is 12.2 Å². The van der Waals surface area contributed by atoms with Gasteiger partial charge in [-0.15, -0.1) is 0 Å². The van der Waals surface area contributed by atoms with E-state index in [1.807, 2.05) is 0 Å². The van der Waals surface area contributed by atoms with Crippen molar-refractivity contribution in [1.29, 1.82) is 0 Å². The van der Waals surface area contributed by atoms with E-state index in [1.54, 1.807) is 12.2 Å². The lowest BCUT2D eigenvalue weighted by Crippen LogP contribution is -2.12. The van der Waals surface area contributed by atoms with Gasteiger partial charge in [-0.3, -0.25) is 0 Å². The molecular weight excluding hydrogens is 168 g/mol. The van der Waals surface area contributed by atoms with Gasteiger partial charge in [0, 0.05) is 6.61 Å². The fourth-order valence-electron chi connectivity index (χ4n) is 2.47. The minimum absolute atomic E-state index is 0.189. The maximum Gasteiger partial charge on any atom is 0.0724 e. The molecular formula is C10H16O3. The van der Waals surface area contributed by atoms with Gasteiger partial charge in [0.15, 0.2) is 0 Å². The maximum atomic E-state index is 9.46. The highest BCUT2D eigenvalue weighted by Crippen LogP contribution is 2.52. The number of rotatable bonds is 1. The Morgan fingerprint density at radius 1 is 1.00 bits per heavy atom. The van der Waals surface area contributed by atoms with Crippen LogP contribution in [0.5, 0.6) is 0 Å². The van der Waals surface area contributed by atoms with Crippen molar-refractivity contribution in [3.8, 4) is 0 Å². The van der Waals surface area contributed by atoms with Crippen molar-refractivity contribution in [3.05, 3.63) is 12.2 Å².